The van der Waals surface area contributed by atoms with E-state index in [9.17, 15) is 9.59 Å². The van der Waals surface area contributed by atoms with Crippen LogP contribution in [0.3, 0.4) is 0 Å². The zero-order valence-corrected chi connectivity index (χ0v) is 15.6. The number of pyridine rings is 1. The lowest BCUT2D eigenvalue weighted by Crippen LogP contribution is -2.48. The molecule has 2 aromatic rings. The summed E-state index contributed by atoms with van der Waals surface area (Å²) in [5, 5.41) is 0.990. The fourth-order valence-corrected chi connectivity index (χ4v) is 4.33. The second-order valence-electron chi connectivity index (χ2n) is 6.12. The molecule has 1 aromatic heterocycles. The number of nitrogens with zero attached hydrogens (tertiary/aromatic N) is 2. The van der Waals surface area contributed by atoms with E-state index in [0.717, 1.165) is 18.4 Å². The number of carbonyl (C=O) groups is 1. The number of amides is 1. The van der Waals surface area contributed by atoms with Gasteiger partial charge in [-0.3, -0.25) is 9.59 Å². The Morgan fingerprint density at radius 3 is 2.58 bits per heavy atom. The number of halogens is 3. The van der Waals surface area contributed by atoms with Crippen molar-refractivity contribution in [1.82, 2.24) is 9.47 Å². The largest absolute Gasteiger partial charge is 0.326 e. The second kappa shape index (κ2) is 5.90. The van der Waals surface area contributed by atoms with Gasteiger partial charge in [0.25, 0.3) is 11.5 Å². The Balaban J connectivity index is 1.76. The van der Waals surface area contributed by atoms with Crippen molar-refractivity contribution in [2.45, 2.75) is 31.5 Å². The van der Waals surface area contributed by atoms with Gasteiger partial charge >= 0.3 is 0 Å². The van der Waals surface area contributed by atoms with Crippen LogP contribution in [0, 0.1) is 0 Å². The van der Waals surface area contributed by atoms with Gasteiger partial charge in [-0.15, -0.1) is 0 Å². The zero-order chi connectivity index (χ0) is 17.0. The van der Waals surface area contributed by atoms with Crippen LogP contribution in [0.25, 0.3) is 0 Å². The number of fused-ring (bicyclic) bond motifs is 2. The number of benzene rings is 1. The summed E-state index contributed by atoms with van der Waals surface area (Å²) < 4.78 is 2.05. The van der Waals surface area contributed by atoms with Crippen LogP contribution in [0.4, 0.5) is 0 Å². The van der Waals surface area contributed by atoms with Crippen molar-refractivity contribution < 1.29 is 4.79 Å². The molecule has 1 aromatic carbocycles. The highest BCUT2D eigenvalue weighted by Crippen LogP contribution is 2.41. The maximum atomic E-state index is 13.0. The third-order valence-electron chi connectivity index (χ3n) is 4.81. The molecule has 1 saturated heterocycles. The van der Waals surface area contributed by atoms with Gasteiger partial charge in [-0.05, 0) is 58.6 Å². The van der Waals surface area contributed by atoms with Gasteiger partial charge in [-0.2, -0.15) is 0 Å². The minimum atomic E-state index is -0.154. The summed E-state index contributed by atoms with van der Waals surface area (Å²) in [5.41, 5.74) is 1.26. The summed E-state index contributed by atoms with van der Waals surface area (Å²) in [6, 6.07) is 8.83. The first kappa shape index (κ1) is 16.2. The predicted molar refractivity (Wildman–Crippen MR) is 96.8 cm³/mol. The van der Waals surface area contributed by atoms with Gasteiger partial charge in [0.05, 0.1) is 26.6 Å². The molecule has 0 radical (unpaired) electrons. The Labute approximate surface area is 157 Å². The molecule has 24 heavy (non-hydrogen) atoms. The fraction of sp³-hybridized carbons (Fsp3) is 0.294. The number of hydrogen-bond donors (Lipinski definition) is 0. The van der Waals surface area contributed by atoms with Crippen molar-refractivity contribution in [3.8, 4) is 0 Å². The maximum absolute atomic E-state index is 13.0. The van der Waals surface area contributed by atoms with E-state index in [0.29, 0.717) is 26.8 Å². The Bertz CT molecular complexity index is 912. The molecule has 4 rings (SSSR count). The molecular formula is C17H13BrCl2N2O2. The van der Waals surface area contributed by atoms with E-state index in [1.807, 2.05) is 17.0 Å². The van der Waals surface area contributed by atoms with Crippen molar-refractivity contribution in [1.29, 1.82) is 0 Å². The van der Waals surface area contributed by atoms with Crippen LogP contribution < -0.4 is 5.56 Å². The Morgan fingerprint density at radius 2 is 1.83 bits per heavy atom. The van der Waals surface area contributed by atoms with Gasteiger partial charge < -0.3 is 9.47 Å². The van der Waals surface area contributed by atoms with Crippen molar-refractivity contribution in [2.75, 3.05) is 0 Å². The summed E-state index contributed by atoms with van der Waals surface area (Å²) in [6.45, 7) is 0.525. The monoisotopic (exact) mass is 426 g/mol. The SMILES string of the molecule is O=C1c2ccc(Br)c(=O)n2CC2CCC(c3ccc(Cl)c(Cl)c3)N12. The van der Waals surface area contributed by atoms with Crippen molar-refractivity contribution in [3.63, 3.8) is 0 Å². The minimum absolute atomic E-state index is 0.0245. The first-order valence-electron chi connectivity index (χ1n) is 7.64. The minimum Gasteiger partial charge on any atom is -0.326 e. The van der Waals surface area contributed by atoms with E-state index >= 15 is 0 Å². The van der Waals surface area contributed by atoms with Crippen LogP contribution in [0.15, 0.2) is 39.6 Å². The maximum Gasteiger partial charge on any atom is 0.271 e. The summed E-state index contributed by atoms with van der Waals surface area (Å²) in [7, 11) is 0. The van der Waals surface area contributed by atoms with Gasteiger partial charge in [0.2, 0.25) is 0 Å². The second-order valence-corrected chi connectivity index (χ2v) is 7.78. The topological polar surface area (TPSA) is 42.3 Å². The quantitative estimate of drug-likeness (QED) is 0.681. The number of carbonyl (C=O) groups excluding carboxylic acids is 1. The molecule has 2 aliphatic heterocycles. The predicted octanol–water partition coefficient (Wildman–Crippen LogP) is 4.28. The van der Waals surface area contributed by atoms with Crippen molar-refractivity contribution >= 4 is 45.0 Å². The molecule has 7 heteroatoms. The Kier molecular flexibility index (Phi) is 3.98. The molecule has 1 amide bonds. The first-order chi connectivity index (χ1) is 11.5. The molecule has 124 valence electrons. The van der Waals surface area contributed by atoms with Crippen LogP contribution in [0.5, 0.6) is 0 Å². The van der Waals surface area contributed by atoms with Gasteiger partial charge in [0, 0.05) is 6.54 Å². The molecule has 3 heterocycles. The van der Waals surface area contributed by atoms with Gasteiger partial charge in [0.1, 0.15) is 5.69 Å². The average Bonchev–Trinajstić information content (AvgIpc) is 2.98. The molecule has 0 aliphatic carbocycles. The normalized spacial score (nSPS) is 22.5. The van der Waals surface area contributed by atoms with Gasteiger partial charge in [-0.1, -0.05) is 29.3 Å². The van der Waals surface area contributed by atoms with Crippen LogP contribution in [0.1, 0.15) is 34.9 Å². The van der Waals surface area contributed by atoms with E-state index in [1.165, 1.54) is 0 Å². The van der Waals surface area contributed by atoms with Crippen LogP contribution in [-0.2, 0) is 6.54 Å². The first-order valence-corrected chi connectivity index (χ1v) is 9.19. The molecule has 1 fully saturated rings. The standard InChI is InChI=1S/C17H13BrCl2N2O2/c18-11-3-6-15-17(24)22-10(8-21(15)16(11)23)2-5-14(22)9-1-4-12(19)13(20)7-9/h1,3-4,6-7,10,14H,2,5,8H2. The third-order valence-corrected chi connectivity index (χ3v) is 6.15. The number of aromatic nitrogens is 1. The molecule has 2 atom stereocenters. The molecular weight excluding hydrogens is 415 g/mol. The van der Waals surface area contributed by atoms with E-state index in [-0.39, 0.29) is 23.6 Å². The molecule has 0 saturated carbocycles. The van der Waals surface area contributed by atoms with Crippen LogP contribution in [0.2, 0.25) is 10.0 Å². The lowest BCUT2D eigenvalue weighted by molar-refractivity contribution is 0.0583. The lowest BCUT2D eigenvalue weighted by atomic mass is 10.0. The lowest BCUT2D eigenvalue weighted by Gasteiger charge is -2.36. The molecule has 4 nitrogen and oxygen atoms in total. The Hall–Kier alpha value is -1.30. The van der Waals surface area contributed by atoms with Crippen molar-refractivity contribution in [2.24, 2.45) is 0 Å². The van der Waals surface area contributed by atoms with Crippen LogP contribution in [-0.4, -0.2) is 21.4 Å². The zero-order valence-electron chi connectivity index (χ0n) is 12.5. The molecule has 0 spiro atoms. The number of hydrogen-bond acceptors (Lipinski definition) is 2. The molecule has 0 N–H and O–H groups in total. The summed E-state index contributed by atoms with van der Waals surface area (Å²) >= 11 is 15.4. The van der Waals surface area contributed by atoms with Crippen molar-refractivity contribution in [3.05, 3.63) is 66.5 Å². The van der Waals surface area contributed by atoms with E-state index in [2.05, 4.69) is 15.9 Å². The smallest absolute Gasteiger partial charge is 0.271 e. The number of rotatable bonds is 1. The highest BCUT2D eigenvalue weighted by atomic mass is 79.9. The third kappa shape index (κ3) is 2.41. The summed E-state index contributed by atoms with van der Waals surface area (Å²) in [6.07, 6.45) is 1.70. The Morgan fingerprint density at radius 1 is 1.04 bits per heavy atom. The molecule has 2 aliphatic rings. The van der Waals surface area contributed by atoms with Gasteiger partial charge in [0.15, 0.2) is 0 Å². The highest BCUT2D eigenvalue weighted by Gasteiger charge is 2.42. The van der Waals surface area contributed by atoms with Crippen LogP contribution >= 0.6 is 39.1 Å². The van der Waals surface area contributed by atoms with E-state index in [4.69, 9.17) is 23.2 Å². The van der Waals surface area contributed by atoms with E-state index < -0.39 is 0 Å². The highest BCUT2D eigenvalue weighted by molar-refractivity contribution is 9.10. The van der Waals surface area contributed by atoms with Gasteiger partial charge in [-0.25, -0.2) is 0 Å². The molecule has 2 unspecified atom stereocenters. The summed E-state index contributed by atoms with van der Waals surface area (Å²) in [4.78, 5) is 27.2. The van der Waals surface area contributed by atoms with E-state index in [1.54, 1.807) is 22.8 Å². The molecule has 0 bridgehead atoms. The summed E-state index contributed by atoms with van der Waals surface area (Å²) in [5.74, 6) is -0.107. The average molecular weight is 428 g/mol. The fourth-order valence-electron chi connectivity index (χ4n) is 3.68.